The summed E-state index contributed by atoms with van der Waals surface area (Å²) >= 11 is 1.24. The Morgan fingerprint density at radius 2 is 2.03 bits per heavy atom. The first-order valence-electron chi connectivity index (χ1n) is 9.16. The van der Waals surface area contributed by atoms with Gasteiger partial charge in [-0.25, -0.2) is 14.6 Å². The lowest BCUT2D eigenvalue weighted by Gasteiger charge is -2.13. The first-order chi connectivity index (χ1) is 14.7. The summed E-state index contributed by atoms with van der Waals surface area (Å²) in [6.45, 7) is 3.71. The van der Waals surface area contributed by atoms with E-state index in [-0.39, 0.29) is 17.3 Å². The third-order valence-electron chi connectivity index (χ3n) is 4.39. The van der Waals surface area contributed by atoms with E-state index in [0.717, 1.165) is 12.3 Å². The second-order valence-electron chi connectivity index (χ2n) is 6.88. The van der Waals surface area contributed by atoms with Crippen molar-refractivity contribution in [2.45, 2.75) is 25.9 Å². The summed E-state index contributed by atoms with van der Waals surface area (Å²) in [5.41, 5.74) is 0.543. The monoisotopic (exact) mass is 447 g/mol. The molecule has 0 aromatic carbocycles. The molecule has 0 unspecified atom stereocenters. The summed E-state index contributed by atoms with van der Waals surface area (Å²) in [6.07, 6.45) is -0.840. The molecule has 0 radical (unpaired) electrons. The van der Waals surface area contributed by atoms with Crippen molar-refractivity contribution in [3.05, 3.63) is 65.1 Å². The van der Waals surface area contributed by atoms with Gasteiger partial charge in [-0.2, -0.15) is 18.3 Å². The number of alkyl halides is 3. The predicted molar refractivity (Wildman–Crippen MR) is 108 cm³/mol. The molecule has 0 atom stereocenters. The molecule has 1 amide bonds. The summed E-state index contributed by atoms with van der Waals surface area (Å²) < 4.78 is 45.1. The van der Waals surface area contributed by atoms with E-state index in [1.807, 2.05) is 13.8 Å². The number of furan rings is 1. The van der Waals surface area contributed by atoms with Crippen LogP contribution in [0.25, 0.3) is 17.3 Å². The molecule has 1 N–H and O–H groups in total. The van der Waals surface area contributed by atoms with Crippen LogP contribution in [0.1, 0.15) is 41.4 Å². The van der Waals surface area contributed by atoms with Crippen molar-refractivity contribution in [1.82, 2.24) is 19.7 Å². The normalized spacial score (nSPS) is 11.8. The average molecular weight is 447 g/mol. The summed E-state index contributed by atoms with van der Waals surface area (Å²) in [7, 11) is 0. The molecule has 4 aromatic heterocycles. The van der Waals surface area contributed by atoms with E-state index in [0.29, 0.717) is 22.3 Å². The summed E-state index contributed by atoms with van der Waals surface area (Å²) in [5.74, 6) is 0.190. The number of halogens is 3. The second-order valence-corrected chi connectivity index (χ2v) is 7.74. The smallest absolute Gasteiger partial charge is 0.417 e. The van der Waals surface area contributed by atoms with Gasteiger partial charge in [0, 0.05) is 11.6 Å². The first-order valence-corrected chi connectivity index (χ1v) is 10.0. The Labute approximate surface area is 178 Å². The number of carbonyl (C=O) groups is 1. The minimum atomic E-state index is -4.48. The fraction of sp³-hybridized carbons (Fsp3) is 0.200. The molecule has 4 aromatic rings. The van der Waals surface area contributed by atoms with Crippen LogP contribution >= 0.6 is 11.3 Å². The molecule has 31 heavy (non-hydrogen) atoms. The number of hydrogen-bond acceptors (Lipinski definition) is 6. The molecule has 0 fully saturated rings. The standard InChI is InChI=1S/C20H16F3N5O2S/c1-11(2)17-13(9-25-28(17)16-6-5-12(8-24-16)20(21,22)23)18(29)27-19-26-14(10-31-19)15-4-3-7-30-15/h3-11H,1-2H3,(H,26,27,29). The Balaban J connectivity index is 1.61. The van der Waals surface area contributed by atoms with Gasteiger partial charge in [0.1, 0.15) is 5.69 Å². The van der Waals surface area contributed by atoms with Crippen LogP contribution in [0.2, 0.25) is 0 Å². The summed E-state index contributed by atoms with van der Waals surface area (Å²) in [4.78, 5) is 21.1. The number of anilines is 1. The number of thiazole rings is 1. The zero-order valence-corrected chi connectivity index (χ0v) is 17.2. The van der Waals surface area contributed by atoms with Gasteiger partial charge in [0.25, 0.3) is 5.91 Å². The fourth-order valence-corrected chi connectivity index (χ4v) is 3.68. The van der Waals surface area contributed by atoms with Crippen LogP contribution in [0.15, 0.2) is 52.7 Å². The molecule has 0 aliphatic rings. The highest BCUT2D eigenvalue weighted by molar-refractivity contribution is 7.14. The SMILES string of the molecule is CC(C)c1c(C(=O)Nc2nc(-c3ccco3)cs2)cnn1-c1ccc(C(F)(F)F)cn1. The quantitative estimate of drug-likeness (QED) is 0.444. The highest BCUT2D eigenvalue weighted by Crippen LogP contribution is 2.30. The Morgan fingerprint density at radius 3 is 2.65 bits per heavy atom. The van der Waals surface area contributed by atoms with Gasteiger partial charge in [0.2, 0.25) is 0 Å². The van der Waals surface area contributed by atoms with Gasteiger partial charge in [-0.3, -0.25) is 10.1 Å². The van der Waals surface area contributed by atoms with Gasteiger partial charge in [-0.1, -0.05) is 13.8 Å². The molecule has 160 valence electrons. The van der Waals surface area contributed by atoms with Crippen LogP contribution in [-0.4, -0.2) is 25.7 Å². The average Bonchev–Trinajstić information content (AvgIpc) is 3.47. The molecule has 11 heteroatoms. The van der Waals surface area contributed by atoms with Crippen molar-refractivity contribution >= 4 is 22.4 Å². The molecule has 0 bridgehead atoms. The van der Waals surface area contributed by atoms with E-state index in [4.69, 9.17) is 4.42 Å². The molecule has 4 rings (SSSR count). The number of nitrogens with one attached hydrogen (secondary N) is 1. The number of nitrogens with zero attached hydrogens (tertiary/aromatic N) is 4. The minimum absolute atomic E-state index is 0.151. The van der Waals surface area contributed by atoms with Crippen LogP contribution in [0.3, 0.4) is 0 Å². The van der Waals surface area contributed by atoms with Gasteiger partial charge < -0.3 is 4.42 Å². The first kappa shape index (κ1) is 20.8. The van der Waals surface area contributed by atoms with Crippen LogP contribution in [-0.2, 0) is 6.18 Å². The molecular weight excluding hydrogens is 431 g/mol. The van der Waals surface area contributed by atoms with Crippen molar-refractivity contribution in [2.75, 3.05) is 5.32 Å². The van der Waals surface area contributed by atoms with E-state index in [1.54, 1.807) is 17.5 Å². The lowest BCUT2D eigenvalue weighted by atomic mass is 10.1. The zero-order valence-electron chi connectivity index (χ0n) is 16.3. The van der Waals surface area contributed by atoms with Crippen LogP contribution < -0.4 is 5.32 Å². The summed E-state index contributed by atoms with van der Waals surface area (Å²) in [6, 6.07) is 5.66. The number of carbonyl (C=O) groups excluding carboxylic acids is 1. The van der Waals surface area contributed by atoms with E-state index < -0.39 is 17.6 Å². The maximum atomic E-state index is 12.9. The largest absolute Gasteiger partial charge is 0.463 e. The Kier molecular flexibility index (Phi) is 5.36. The van der Waals surface area contributed by atoms with Crippen LogP contribution in [0.5, 0.6) is 0 Å². The Hall–Kier alpha value is -3.47. The second kappa shape index (κ2) is 7.99. The molecule has 0 aliphatic heterocycles. The predicted octanol–water partition coefficient (Wildman–Crippen LogP) is 5.38. The van der Waals surface area contributed by atoms with Gasteiger partial charge in [0.15, 0.2) is 16.7 Å². The van der Waals surface area contributed by atoms with Crippen molar-refractivity contribution in [3.63, 3.8) is 0 Å². The van der Waals surface area contributed by atoms with Gasteiger partial charge in [-0.05, 0) is 30.2 Å². The molecule has 4 heterocycles. The highest BCUT2D eigenvalue weighted by atomic mass is 32.1. The lowest BCUT2D eigenvalue weighted by molar-refractivity contribution is -0.137. The van der Waals surface area contributed by atoms with E-state index in [9.17, 15) is 18.0 Å². The number of aromatic nitrogens is 4. The maximum Gasteiger partial charge on any atom is 0.417 e. The van der Waals surface area contributed by atoms with Gasteiger partial charge in [0.05, 0.1) is 29.3 Å². The molecule has 0 aliphatic carbocycles. The molecule has 0 saturated heterocycles. The van der Waals surface area contributed by atoms with Crippen LogP contribution in [0, 0.1) is 0 Å². The Morgan fingerprint density at radius 1 is 1.23 bits per heavy atom. The van der Waals surface area contributed by atoms with Crippen molar-refractivity contribution in [3.8, 4) is 17.3 Å². The molecule has 0 spiro atoms. The van der Waals surface area contributed by atoms with Crippen molar-refractivity contribution < 1.29 is 22.4 Å². The van der Waals surface area contributed by atoms with E-state index in [2.05, 4.69) is 20.4 Å². The van der Waals surface area contributed by atoms with Gasteiger partial charge >= 0.3 is 6.18 Å². The zero-order chi connectivity index (χ0) is 22.2. The number of amides is 1. The third kappa shape index (κ3) is 4.22. The van der Waals surface area contributed by atoms with Crippen molar-refractivity contribution in [2.24, 2.45) is 0 Å². The highest BCUT2D eigenvalue weighted by Gasteiger charge is 2.31. The summed E-state index contributed by atoms with van der Waals surface area (Å²) in [5, 5.41) is 9.06. The van der Waals surface area contributed by atoms with E-state index >= 15 is 0 Å². The van der Waals surface area contributed by atoms with Crippen molar-refractivity contribution in [1.29, 1.82) is 0 Å². The van der Waals surface area contributed by atoms with E-state index in [1.165, 1.54) is 34.5 Å². The number of hydrogen-bond donors (Lipinski definition) is 1. The lowest BCUT2D eigenvalue weighted by Crippen LogP contribution is -2.16. The topological polar surface area (TPSA) is 85.8 Å². The molecule has 0 saturated carbocycles. The fourth-order valence-electron chi connectivity index (χ4n) is 2.98. The third-order valence-corrected chi connectivity index (χ3v) is 5.15. The Bertz CT molecular complexity index is 1190. The maximum absolute atomic E-state index is 12.9. The molecular formula is C20H16F3N5O2S. The number of pyridine rings is 1. The van der Waals surface area contributed by atoms with Crippen LogP contribution in [0.4, 0.5) is 18.3 Å². The molecule has 7 nitrogen and oxygen atoms in total. The van der Waals surface area contributed by atoms with Gasteiger partial charge in [-0.15, -0.1) is 11.3 Å². The minimum Gasteiger partial charge on any atom is -0.463 e. The number of rotatable bonds is 5.